The first-order valence-electron chi connectivity index (χ1n) is 8.29. The molecular formula is C18H17Cl3N2O3S. The van der Waals surface area contributed by atoms with Crippen LogP contribution in [0.25, 0.3) is 0 Å². The van der Waals surface area contributed by atoms with Gasteiger partial charge < -0.3 is 5.32 Å². The number of hydrogen-bond acceptors (Lipinski definition) is 3. The van der Waals surface area contributed by atoms with Gasteiger partial charge in [0, 0.05) is 29.1 Å². The van der Waals surface area contributed by atoms with Crippen LogP contribution in [0.5, 0.6) is 0 Å². The SMILES string of the molecule is O=C(Nc1cc(Cl)ccc1Cl)C1CCN(S(=O)(=O)c2ccc(Cl)cc2)CC1. The highest BCUT2D eigenvalue weighted by atomic mass is 35.5. The average Bonchev–Trinajstić information content (AvgIpc) is 2.65. The topological polar surface area (TPSA) is 66.5 Å². The van der Waals surface area contributed by atoms with Crippen LogP contribution in [0, 0.1) is 5.92 Å². The average molecular weight is 448 g/mol. The van der Waals surface area contributed by atoms with Crippen LogP contribution in [-0.2, 0) is 14.8 Å². The minimum atomic E-state index is -3.59. The number of nitrogens with zero attached hydrogens (tertiary/aromatic N) is 1. The molecule has 0 unspecified atom stereocenters. The minimum Gasteiger partial charge on any atom is -0.324 e. The number of carbonyl (C=O) groups is 1. The summed E-state index contributed by atoms with van der Waals surface area (Å²) in [6.07, 6.45) is 0.855. The van der Waals surface area contributed by atoms with Gasteiger partial charge in [-0.2, -0.15) is 4.31 Å². The Morgan fingerprint density at radius 3 is 2.19 bits per heavy atom. The Hall–Kier alpha value is -1.31. The zero-order valence-corrected chi connectivity index (χ0v) is 17.2. The molecule has 27 heavy (non-hydrogen) atoms. The maximum atomic E-state index is 12.7. The number of piperidine rings is 1. The standard InChI is InChI=1S/C18H17Cl3N2O3S/c19-13-1-4-15(5-2-13)27(25,26)23-9-7-12(8-10-23)18(24)22-17-11-14(20)3-6-16(17)21/h1-6,11-12H,7-10H2,(H,22,24). The number of rotatable bonds is 4. The van der Waals surface area contributed by atoms with Gasteiger partial charge in [0.05, 0.1) is 15.6 Å². The van der Waals surface area contributed by atoms with Gasteiger partial charge in [-0.15, -0.1) is 0 Å². The van der Waals surface area contributed by atoms with Gasteiger partial charge >= 0.3 is 0 Å². The van der Waals surface area contributed by atoms with Crippen LogP contribution in [0.2, 0.25) is 15.1 Å². The Bertz CT molecular complexity index is 941. The third-order valence-electron chi connectivity index (χ3n) is 4.46. The number of anilines is 1. The van der Waals surface area contributed by atoms with E-state index in [2.05, 4.69) is 5.32 Å². The van der Waals surface area contributed by atoms with E-state index in [1.165, 1.54) is 16.4 Å². The van der Waals surface area contributed by atoms with Crippen molar-refractivity contribution in [2.45, 2.75) is 17.7 Å². The smallest absolute Gasteiger partial charge is 0.243 e. The number of hydrogen-bond donors (Lipinski definition) is 1. The molecule has 1 heterocycles. The normalized spacial score (nSPS) is 16.3. The fraction of sp³-hybridized carbons (Fsp3) is 0.278. The van der Waals surface area contributed by atoms with Crippen molar-refractivity contribution in [3.8, 4) is 0 Å². The second kappa shape index (κ2) is 8.37. The lowest BCUT2D eigenvalue weighted by atomic mass is 9.97. The molecule has 144 valence electrons. The molecule has 0 bridgehead atoms. The molecule has 0 aliphatic carbocycles. The fourth-order valence-corrected chi connectivity index (χ4v) is 4.87. The maximum Gasteiger partial charge on any atom is 0.243 e. The lowest BCUT2D eigenvalue weighted by Crippen LogP contribution is -2.41. The molecule has 0 saturated carbocycles. The number of benzene rings is 2. The van der Waals surface area contributed by atoms with E-state index in [0.29, 0.717) is 33.6 Å². The van der Waals surface area contributed by atoms with Crippen LogP contribution >= 0.6 is 34.8 Å². The summed E-state index contributed by atoms with van der Waals surface area (Å²) in [5.74, 6) is -0.487. The largest absolute Gasteiger partial charge is 0.324 e. The van der Waals surface area contributed by atoms with E-state index in [0.717, 1.165) is 0 Å². The molecule has 1 aliphatic rings. The van der Waals surface area contributed by atoms with Gasteiger partial charge in [0.1, 0.15) is 0 Å². The summed E-state index contributed by atoms with van der Waals surface area (Å²) in [6, 6.07) is 10.9. The van der Waals surface area contributed by atoms with E-state index in [9.17, 15) is 13.2 Å². The first-order valence-corrected chi connectivity index (χ1v) is 10.9. The molecule has 0 spiro atoms. The third kappa shape index (κ3) is 4.76. The quantitative estimate of drug-likeness (QED) is 0.739. The Morgan fingerprint density at radius 1 is 0.963 bits per heavy atom. The van der Waals surface area contributed by atoms with Gasteiger partial charge in [0.15, 0.2) is 0 Å². The highest BCUT2D eigenvalue weighted by Gasteiger charge is 2.32. The summed E-state index contributed by atoms with van der Waals surface area (Å²) in [5.41, 5.74) is 0.449. The molecule has 1 N–H and O–H groups in total. The number of halogens is 3. The molecule has 3 rings (SSSR count). The molecule has 5 nitrogen and oxygen atoms in total. The second-order valence-corrected chi connectivity index (χ2v) is 9.46. The van der Waals surface area contributed by atoms with Gasteiger partial charge in [-0.3, -0.25) is 4.79 Å². The van der Waals surface area contributed by atoms with E-state index in [-0.39, 0.29) is 29.8 Å². The van der Waals surface area contributed by atoms with Crippen LogP contribution < -0.4 is 5.32 Å². The van der Waals surface area contributed by atoms with E-state index < -0.39 is 10.0 Å². The van der Waals surface area contributed by atoms with E-state index in [4.69, 9.17) is 34.8 Å². The van der Waals surface area contributed by atoms with Crippen molar-refractivity contribution in [3.05, 3.63) is 57.5 Å². The third-order valence-corrected chi connectivity index (χ3v) is 7.19. The molecule has 1 saturated heterocycles. The molecule has 0 atom stereocenters. The number of amides is 1. The van der Waals surface area contributed by atoms with Crippen molar-refractivity contribution in [2.75, 3.05) is 18.4 Å². The number of sulfonamides is 1. The summed E-state index contributed by atoms with van der Waals surface area (Å²) in [4.78, 5) is 12.7. The molecular weight excluding hydrogens is 431 g/mol. The van der Waals surface area contributed by atoms with Crippen molar-refractivity contribution in [1.82, 2.24) is 4.31 Å². The van der Waals surface area contributed by atoms with Crippen molar-refractivity contribution in [3.63, 3.8) is 0 Å². The molecule has 1 fully saturated rings. The van der Waals surface area contributed by atoms with Crippen molar-refractivity contribution < 1.29 is 13.2 Å². The Balaban J connectivity index is 1.63. The zero-order chi connectivity index (χ0) is 19.6. The summed E-state index contributed by atoms with van der Waals surface area (Å²) in [7, 11) is -3.59. The molecule has 1 amide bonds. The zero-order valence-electron chi connectivity index (χ0n) is 14.2. The molecule has 0 radical (unpaired) electrons. The Labute approximate surface area is 173 Å². The van der Waals surface area contributed by atoms with E-state index in [1.807, 2.05) is 0 Å². The minimum absolute atomic E-state index is 0.192. The van der Waals surface area contributed by atoms with E-state index in [1.54, 1.807) is 30.3 Å². The summed E-state index contributed by atoms with van der Waals surface area (Å²) in [5, 5.41) is 4.12. The number of nitrogens with one attached hydrogen (secondary N) is 1. The second-order valence-electron chi connectivity index (χ2n) is 6.25. The van der Waals surface area contributed by atoms with Gasteiger partial charge in [-0.25, -0.2) is 8.42 Å². The van der Waals surface area contributed by atoms with Crippen LogP contribution in [0.3, 0.4) is 0 Å². The van der Waals surface area contributed by atoms with Crippen LogP contribution in [0.1, 0.15) is 12.8 Å². The van der Waals surface area contributed by atoms with Crippen LogP contribution in [0.15, 0.2) is 47.4 Å². The Kier molecular flexibility index (Phi) is 6.33. The van der Waals surface area contributed by atoms with Gasteiger partial charge in [-0.05, 0) is 55.3 Å². The van der Waals surface area contributed by atoms with Crippen LogP contribution in [0.4, 0.5) is 5.69 Å². The van der Waals surface area contributed by atoms with Crippen LogP contribution in [-0.4, -0.2) is 31.7 Å². The van der Waals surface area contributed by atoms with Crippen molar-refractivity contribution in [2.24, 2.45) is 5.92 Å². The van der Waals surface area contributed by atoms with Crippen molar-refractivity contribution in [1.29, 1.82) is 0 Å². The first kappa shape index (κ1) is 20.4. The van der Waals surface area contributed by atoms with Gasteiger partial charge in [0.2, 0.25) is 15.9 Å². The predicted octanol–water partition coefficient (Wildman–Crippen LogP) is 4.69. The fourth-order valence-electron chi connectivity index (χ4n) is 2.94. The predicted molar refractivity (Wildman–Crippen MR) is 108 cm³/mol. The molecule has 2 aromatic rings. The van der Waals surface area contributed by atoms with Gasteiger partial charge in [-0.1, -0.05) is 34.8 Å². The Morgan fingerprint density at radius 2 is 1.56 bits per heavy atom. The van der Waals surface area contributed by atoms with Crippen molar-refractivity contribution >= 4 is 56.4 Å². The van der Waals surface area contributed by atoms with Gasteiger partial charge in [0.25, 0.3) is 0 Å². The highest BCUT2D eigenvalue weighted by molar-refractivity contribution is 7.89. The molecule has 9 heteroatoms. The highest BCUT2D eigenvalue weighted by Crippen LogP contribution is 2.29. The number of carbonyl (C=O) groups excluding carboxylic acids is 1. The molecule has 2 aromatic carbocycles. The lowest BCUT2D eigenvalue weighted by Gasteiger charge is -2.30. The summed E-state index contributed by atoms with van der Waals surface area (Å²) in [6.45, 7) is 0.540. The molecule has 1 aliphatic heterocycles. The summed E-state index contributed by atoms with van der Waals surface area (Å²) < 4.78 is 26.8. The monoisotopic (exact) mass is 446 g/mol. The van der Waals surface area contributed by atoms with E-state index >= 15 is 0 Å². The summed E-state index contributed by atoms with van der Waals surface area (Å²) >= 11 is 17.8. The molecule has 0 aromatic heterocycles. The first-order chi connectivity index (χ1) is 12.8. The lowest BCUT2D eigenvalue weighted by molar-refractivity contribution is -0.120. The maximum absolute atomic E-state index is 12.7.